The zero-order valence-electron chi connectivity index (χ0n) is 21.1. The Morgan fingerprint density at radius 3 is 2.51 bits per heavy atom. The Morgan fingerprint density at radius 2 is 1.79 bits per heavy atom. The lowest BCUT2D eigenvalue weighted by Crippen LogP contribution is -2.31. The largest absolute Gasteiger partial charge is 0.489 e. The molecule has 0 saturated heterocycles. The summed E-state index contributed by atoms with van der Waals surface area (Å²) < 4.78 is 5.93. The van der Waals surface area contributed by atoms with Gasteiger partial charge in [0.2, 0.25) is 5.91 Å². The van der Waals surface area contributed by atoms with Crippen LogP contribution in [-0.4, -0.2) is 17.4 Å². The van der Waals surface area contributed by atoms with Crippen molar-refractivity contribution in [3.63, 3.8) is 0 Å². The summed E-state index contributed by atoms with van der Waals surface area (Å²) in [6.45, 7) is 0.448. The summed E-state index contributed by atoms with van der Waals surface area (Å²) in [5, 5.41) is 17.6. The van der Waals surface area contributed by atoms with E-state index in [4.69, 9.17) is 16.3 Å². The van der Waals surface area contributed by atoms with Crippen molar-refractivity contribution in [2.24, 2.45) is 0 Å². The summed E-state index contributed by atoms with van der Waals surface area (Å²) in [7, 11) is 0. The Bertz CT molecular complexity index is 1480. The van der Waals surface area contributed by atoms with Gasteiger partial charge in [-0.3, -0.25) is 9.59 Å². The number of amides is 1. The van der Waals surface area contributed by atoms with Crippen molar-refractivity contribution in [3.05, 3.63) is 117 Å². The topological polar surface area (TPSA) is 91.2 Å². The molecule has 1 atom stereocenters. The number of hydrogen-bond acceptors (Lipinski definition) is 6. The van der Waals surface area contributed by atoms with E-state index in [1.807, 2.05) is 54.6 Å². The molecule has 2 aliphatic rings. The minimum Gasteiger partial charge on any atom is -0.489 e. The minimum absolute atomic E-state index is 0.0513. The number of nitrogens with zero attached hydrogens (tertiary/aromatic N) is 1. The third-order valence-electron chi connectivity index (χ3n) is 6.60. The van der Waals surface area contributed by atoms with Gasteiger partial charge in [0.25, 0.3) is 0 Å². The van der Waals surface area contributed by atoms with E-state index in [0.29, 0.717) is 45.7 Å². The van der Waals surface area contributed by atoms with E-state index in [1.165, 1.54) is 11.8 Å². The molecule has 2 N–H and O–H groups in total. The van der Waals surface area contributed by atoms with Gasteiger partial charge in [-0.1, -0.05) is 65.8 Å². The van der Waals surface area contributed by atoms with Crippen molar-refractivity contribution in [1.29, 1.82) is 5.26 Å². The molecule has 8 heteroatoms. The molecule has 6 nitrogen and oxygen atoms in total. The molecule has 196 valence electrons. The third kappa shape index (κ3) is 6.36. The van der Waals surface area contributed by atoms with Gasteiger partial charge in [0, 0.05) is 28.4 Å². The lowest BCUT2D eigenvalue weighted by atomic mass is 9.77. The first-order valence-electron chi connectivity index (χ1n) is 12.6. The second kappa shape index (κ2) is 12.2. The number of ether oxygens (including phenoxy) is 1. The molecule has 0 aromatic heterocycles. The number of benzene rings is 3. The first-order chi connectivity index (χ1) is 19.0. The SMILES string of the molecule is N#CC1=C(SCC(=O)Nc2ccc(Cl)cc2)NC2=C(C(=O)CCC2)[C@@H]1c1ccc(OCc2ccccc2)cc1. The maximum absolute atomic E-state index is 13.1. The second-order valence-electron chi connectivity index (χ2n) is 9.27. The number of Topliss-reactive ketones (excluding diaryl/α,β-unsaturated/α-hetero) is 1. The highest BCUT2D eigenvalue weighted by Crippen LogP contribution is 2.44. The number of carbonyl (C=O) groups is 2. The van der Waals surface area contributed by atoms with Crippen molar-refractivity contribution in [2.45, 2.75) is 31.8 Å². The summed E-state index contributed by atoms with van der Waals surface area (Å²) in [5.74, 6) is 0.159. The van der Waals surface area contributed by atoms with Crippen molar-refractivity contribution < 1.29 is 14.3 Å². The molecular weight excluding hydrogens is 530 g/mol. The predicted molar refractivity (Wildman–Crippen MR) is 154 cm³/mol. The monoisotopic (exact) mass is 555 g/mol. The number of ketones is 1. The maximum Gasteiger partial charge on any atom is 0.234 e. The maximum atomic E-state index is 13.1. The van der Waals surface area contributed by atoms with Crippen LogP contribution in [0.2, 0.25) is 5.02 Å². The van der Waals surface area contributed by atoms with Crippen LogP contribution < -0.4 is 15.4 Å². The molecule has 0 bridgehead atoms. The van der Waals surface area contributed by atoms with Gasteiger partial charge in [0.1, 0.15) is 12.4 Å². The lowest BCUT2D eigenvalue weighted by Gasteiger charge is -2.33. The molecule has 1 aliphatic heterocycles. The van der Waals surface area contributed by atoms with Gasteiger partial charge < -0.3 is 15.4 Å². The lowest BCUT2D eigenvalue weighted by molar-refractivity contribution is -0.116. The van der Waals surface area contributed by atoms with Crippen molar-refractivity contribution in [3.8, 4) is 11.8 Å². The van der Waals surface area contributed by atoms with E-state index in [2.05, 4.69) is 16.7 Å². The molecule has 0 radical (unpaired) electrons. The van der Waals surface area contributed by atoms with Crippen LogP contribution in [0.25, 0.3) is 0 Å². The van der Waals surface area contributed by atoms with Crippen LogP contribution in [0.15, 0.2) is 101 Å². The molecule has 3 aromatic rings. The fourth-order valence-electron chi connectivity index (χ4n) is 4.74. The van der Waals surface area contributed by atoms with Gasteiger partial charge in [-0.15, -0.1) is 0 Å². The molecule has 3 aromatic carbocycles. The van der Waals surface area contributed by atoms with Crippen LogP contribution in [0.1, 0.15) is 36.3 Å². The van der Waals surface area contributed by atoms with E-state index >= 15 is 0 Å². The number of thioether (sulfide) groups is 1. The number of hydrogen-bond donors (Lipinski definition) is 2. The van der Waals surface area contributed by atoms with Gasteiger partial charge in [-0.25, -0.2) is 0 Å². The highest BCUT2D eigenvalue weighted by molar-refractivity contribution is 8.03. The van der Waals surface area contributed by atoms with Crippen molar-refractivity contribution >= 4 is 40.7 Å². The summed E-state index contributed by atoms with van der Waals surface area (Å²) in [6.07, 6.45) is 1.93. The Kier molecular flexibility index (Phi) is 8.36. The standard InChI is InChI=1S/C31H26ClN3O3S/c32-22-11-13-23(14-12-22)34-28(37)19-39-31-25(17-33)29(30-26(35-31)7-4-8-27(30)36)21-9-15-24(16-10-21)38-18-20-5-2-1-3-6-20/h1-3,5-6,9-16,29,35H,4,7-8,18-19H2,(H,34,37)/t29-/m1/s1. The Balaban J connectivity index is 1.36. The highest BCUT2D eigenvalue weighted by atomic mass is 35.5. The number of rotatable bonds is 8. The van der Waals surface area contributed by atoms with Gasteiger partial charge >= 0.3 is 0 Å². The highest BCUT2D eigenvalue weighted by Gasteiger charge is 2.37. The molecular formula is C31H26ClN3O3S. The van der Waals surface area contributed by atoms with Gasteiger partial charge in [-0.05, 0) is 60.4 Å². The zero-order valence-corrected chi connectivity index (χ0v) is 22.6. The predicted octanol–water partition coefficient (Wildman–Crippen LogP) is 6.72. The normalized spacial score (nSPS) is 16.7. The number of anilines is 1. The quantitative estimate of drug-likeness (QED) is 0.320. The van der Waals surface area contributed by atoms with Crippen molar-refractivity contribution in [1.82, 2.24) is 5.32 Å². The Hall–Kier alpha value is -3.99. The van der Waals surface area contributed by atoms with Gasteiger partial charge in [-0.2, -0.15) is 5.26 Å². The van der Waals surface area contributed by atoms with E-state index in [1.54, 1.807) is 24.3 Å². The van der Waals surface area contributed by atoms with Crippen LogP contribution in [0, 0.1) is 11.3 Å². The summed E-state index contributed by atoms with van der Waals surface area (Å²) in [4.78, 5) is 25.7. The van der Waals surface area contributed by atoms with E-state index in [0.717, 1.165) is 29.7 Å². The zero-order chi connectivity index (χ0) is 27.2. The first-order valence-corrected chi connectivity index (χ1v) is 14.0. The van der Waals surface area contributed by atoms with Crippen LogP contribution in [0.4, 0.5) is 5.69 Å². The number of halogens is 1. The second-order valence-corrected chi connectivity index (χ2v) is 10.7. The molecule has 1 amide bonds. The van der Waals surface area contributed by atoms with E-state index < -0.39 is 5.92 Å². The Labute approximate surface area is 236 Å². The van der Waals surface area contributed by atoms with E-state index in [-0.39, 0.29) is 17.4 Å². The molecule has 0 unspecified atom stereocenters. The number of nitriles is 1. The molecule has 1 heterocycles. The fraction of sp³-hybridized carbons (Fsp3) is 0.194. The van der Waals surface area contributed by atoms with Crippen molar-refractivity contribution in [2.75, 3.05) is 11.1 Å². The summed E-state index contributed by atoms with van der Waals surface area (Å²) >= 11 is 7.19. The van der Waals surface area contributed by atoms with Crippen LogP contribution >= 0.6 is 23.4 Å². The fourth-order valence-corrected chi connectivity index (χ4v) is 5.72. The summed E-state index contributed by atoms with van der Waals surface area (Å²) in [6, 6.07) is 26.7. The van der Waals surface area contributed by atoms with Gasteiger partial charge in [0.15, 0.2) is 5.78 Å². The first kappa shape index (κ1) is 26.6. The number of carbonyl (C=O) groups excluding carboxylic acids is 2. The Morgan fingerprint density at radius 1 is 1.05 bits per heavy atom. The average molecular weight is 556 g/mol. The third-order valence-corrected chi connectivity index (χ3v) is 7.87. The molecule has 0 fully saturated rings. The summed E-state index contributed by atoms with van der Waals surface area (Å²) in [5.41, 5.74) is 4.47. The number of allylic oxidation sites excluding steroid dienone is 3. The molecule has 39 heavy (non-hydrogen) atoms. The number of dihydropyridines is 1. The van der Waals surface area contributed by atoms with E-state index in [9.17, 15) is 14.9 Å². The van der Waals surface area contributed by atoms with Gasteiger partial charge in [0.05, 0.1) is 28.3 Å². The molecule has 0 spiro atoms. The van der Waals surface area contributed by atoms with Crippen LogP contribution in [-0.2, 0) is 16.2 Å². The van der Waals surface area contributed by atoms with Crippen LogP contribution in [0.5, 0.6) is 5.75 Å². The number of nitrogens with one attached hydrogen (secondary N) is 2. The molecule has 0 saturated carbocycles. The van der Waals surface area contributed by atoms with Crippen LogP contribution in [0.3, 0.4) is 0 Å². The molecule has 5 rings (SSSR count). The smallest absolute Gasteiger partial charge is 0.234 e. The average Bonchev–Trinajstić information content (AvgIpc) is 2.96. The molecule has 1 aliphatic carbocycles. The minimum atomic E-state index is -0.496.